The quantitative estimate of drug-likeness (QED) is 0.540. The molecule has 2 aliphatic rings. The molecule has 4 heterocycles. The third-order valence-electron chi connectivity index (χ3n) is 6.45. The van der Waals surface area contributed by atoms with Crippen molar-refractivity contribution in [2.24, 2.45) is 0 Å². The van der Waals surface area contributed by atoms with Crippen molar-refractivity contribution in [2.45, 2.75) is 62.6 Å². The fraction of sp³-hybridized carbons (Fsp3) is 0.550. The molecule has 1 saturated heterocycles. The SMILES string of the molecule is C[C@@H]1[C@@H](C)NCCN1c1cc(S(=O)(=O)NC2(C)CC2)cn2c(-c3nnc(C(F)F)s3)ncc12. The van der Waals surface area contributed by atoms with Crippen LogP contribution in [0.15, 0.2) is 23.4 Å². The Kier molecular flexibility index (Phi) is 5.42. The third-order valence-corrected chi connectivity index (χ3v) is 8.98. The van der Waals surface area contributed by atoms with Gasteiger partial charge in [0.05, 0.1) is 17.4 Å². The van der Waals surface area contributed by atoms with Gasteiger partial charge in [0.1, 0.15) is 4.90 Å². The molecule has 13 heteroatoms. The second-order valence-electron chi connectivity index (χ2n) is 8.99. The van der Waals surface area contributed by atoms with E-state index in [0.717, 1.165) is 36.4 Å². The van der Waals surface area contributed by atoms with Gasteiger partial charge in [-0.3, -0.25) is 4.40 Å². The lowest BCUT2D eigenvalue weighted by atomic mass is 10.1. The number of imidazole rings is 1. The van der Waals surface area contributed by atoms with Crippen LogP contribution < -0.4 is 14.9 Å². The normalized spacial score (nSPS) is 22.9. The highest BCUT2D eigenvalue weighted by Crippen LogP contribution is 2.38. The topological polar surface area (TPSA) is 105 Å². The molecule has 1 aliphatic heterocycles. The highest BCUT2D eigenvalue weighted by molar-refractivity contribution is 7.89. The molecule has 0 amide bonds. The molecular formula is C20H25F2N7O2S2. The second kappa shape index (κ2) is 7.93. The van der Waals surface area contributed by atoms with Crippen molar-refractivity contribution in [1.82, 2.24) is 29.6 Å². The summed E-state index contributed by atoms with van der Waals surface area (Å²) in [6.07, 6.45) is 1.94. The average molecular weight is 498 g/mol. The second-order valence-corrected chi connectivity index (χ2v) is 11.7. The molecule has 2 fully saturated rings. The maximum atomic E-state index is 13.3. The fourth-order valence-corrected chi connectivity index (χ4v) is 6.25. The van der Waals surface area contributed by atoms with E-state index in [2.05, 4.69) is 44.0 Å². The van der Waals surface area contributed by atoms with Crippen LogP contribution in [0.1, 0.15) is 45.0 Å². The van der Waals surface area contributed by atoms with Gasteiger partial charge in [0.2, 0.25) is 10.0 Å². The number of anilines is 1. The molecule has 9 nitrogen and oxygen atoms in total. The number of piperazine rings is 1. The first-order chi connectivity index (χ1) is 15.6. The molecule has 2 atom stereocenters. The van der Waals surface area contributed by atoms with Gasteiger partial charge in [0, 0.05) is 36.9 Å². The molecule has 0 aromatic carbocycles. The van der Waals surface area contributed by atoms with Crippen LogP contribution in [0.3, 0.4) is 0 Å². The number of sulfonamides is 1. The van der Waals surface area contributed by atoms with E-state index in [4.69, 9.17) is 0 Å². The Morgan fingerprint density at radius 3 is 2.73 bits per heavy atom. The van der Waals surface area contributed by atoms with Gasteiger partial charge in [-0.15, -0.1) is 10.2 Å². The van der Waals surface area contributed by atoms with Gasteiger partial charge < -0.3 is 10.2 Å². The molecule has 0 radical (unpaired) electrons. The number of halogens is 2. The lowest BCUT2D eigenvalue weighted by molar-refractivity contribution is 0.150. The Bertz CT molecular complexity index is 1300. The number of rotatable bonds is 6. The van der Waals surface area contributed by atoms with Crippen LogP contribution in [0.2, 0.25) is 0 Å². The first-order valence-corrected chi connectivity index (χ1v) is 13.0. The number of hydrogen-bond acceptors (Lipinski definition) is 8. The van der Waals surface area contributed by atoms with Gasteiger partial charge in [0.15, 0.2) is 15.8 Å². The molecule has 0 spiro atoms. The van der Waals surface area contributed by atoms with Crippen LogP contribution in [0.25, 0.3) is 16.3 Å². The lowest BCUT2D eigenvalue weighted by Crippen LogP contribution is -2.55. The van der Waals surface area contributed by atoms with Crippen LogP contribution in [-0.4, -0.2) is 58.7 Å². The zero-order valence-corrected chi connectivity index (χ0v) is 20.1. The van der Waals surface area contributed by atoms with Gasteiger partial charge >= 0.3 is 0 Å². The van der Waals surface area contributed by atoms with Crippen LogP contribution in [0.4, 0.5) is 14.5 Å². The summed E-state index contributed by atoms with van der Waals surface area (Å²) in [6, 6.07) is 1.97. The predicted molar refractivity (Wildman–Crippen MR) is 121 cm³/mol. The van der Waals surface area contributed by atoms with Gasteiger partial charge in [-0.25, -0.2) is 26.9 Å². The number of hydrogen-bond donors (Lipinski definition) is 2. The third kappa shape index (κ3) is 4.11. The van der Waals surface area contributed by atoms with Gasteiger partial charge in [-0.05, 0) is 39.7 Å². The predicted octanol–water partition coefficient (Wildman–Crippen LogP) is 2.81. The molecule has 178 valence electrons. The first kappa shape index (κ1) is 22.6. The van der Waals surface area contributed by atoms with E-state index in [9.17, 15) is 17.2 Å². The van der Waals surface area contributed by atoms with Crippen molar-refractivity contribution in [3.63, 3.8) is 0 Å². The van der Waals surface area contributed by atoms with E-state index in [1.54, 1.807) is 16.7 Å². The molecule has 33 heavy (non-hydrogen) atoms. The number of aromatic nitrogens is 4. The Morgan fingerprint density at radius 1 is 1.30 bits per heavy atom. The Balaban J connectivity index is 1.68. The van der Waals surface area contributed by atoms with Crippen LogP contribution in [-0.2, 0) is 10.0 Å². The summed E-state index contributed by atoms with van der Waals surface area (Å²) in [5.41, 5.74) is 0.960. The van der Waals surface area contributed by atoms with Crippen molar-refractivity contribution >= 4 is 32.6 Å². The zero-order chi connectivity index (χ0) is 23.5. The smallest absolute Gasteiger partial charge is 0.291 e. The molecule has 3 aromatic heterocycles. The van der Waals surface area contributed by atoms with Crippen molar-refractivity contribution < 1.29 is 17.2 Å². The maximum absolute atomic E-state index is 13.3. The standard InChI is InChI=1S/C20H25F2N7O2S2/c1-11-12(2)28(7-6-23-11)14-8-13(33(30,31)27-20(3)4-5-20)10-29-15(14)9-24-17(29)19-26-25-18(32-19)16(21)22/h8-12,16,23,27H,4-7H2,1-3H3/t11-,12-/m1/s1. The number of fused-ring (bicyclic) bond motifs is 1. The minimum absolute atomic E-state index is 0.0920. The minimum atomic E-state index is -3.82. The monoisotopic (exact) mass is 497 g/mol. The number of pyridine rings is 1. The van der Waals surface area contributed by atoms with E-state index in [-0.39, 0.29) is 27.8 Å². The molecule has 5 rings (SSSR count). The number of alkyl halides is 2. The summed E-state index contributed by atoms with van der Waals surface area (Å²) in [4.78, 5) is 6.67. The first-order valence-electron chi connectivity index (χ1n) is 10.7. The lowest BCUT2D eigenvalue weighted by Gasteiger charge is -2.40. The van der Waals surface area contributed by atoms with Crippen molar-refractivity contribution in [1.29, 1.82) is 0 Å². The van der Waals surface area contributed by atoms with Crippen LogP contribution in [0.5, 0.6) is 0 Å². The average Bonchev–Trinajstić information content (AvgIpc) is 3.16. The highest BCUT2D eigenvalue weighted by Gasteiger charge is 2.41. The molecule has 1 saturated carbocycles. The zero-order valence-electron chi connectivity index (χ0n) is 18.4. The summed E-state index contributed by atoms with van der Waals surface area (Å²) in [7, 11) is -3.82. The van der Waals surface area contributed by atoms with Gasteiger partial charge in [-0.2, -0.15) is 0 Å². The van der Waals surface area contributed by atoms with Crippen molar-refractivity contribution in [2.75, 3.05) is 18.0 Å². The van der Waals surface area contributed by atoms with Gasteiger partial charge in [-0.1, -0.05) is 11.3 Å². The number of nitrogens with one attached hydrogen (secondary N) is 2. The summed E-state index contributed by atoms with van der Waals surface area (Å²) >= 11 is 0.745. The summed E-state index contributed by atoms with van der Waals surface area (Å²) in [6.45, 7) is 7.47. The van der Waals surface area contributed by atoms with Crippen molar-refractivity contribution in [3.05, 3.63) is 23.5 Å². The summed E-state index contributed by atoms with van der Waals surface area (Å²) in [5.74, 6) is 0.279. The Morgan fingerprint density at radius 2 is 2.06 bits per heavy atom. The van der Waals surface area contributed by atoms with E-state index in [1.165, 1.54) is 6.20 Å². The summed E-state index contributed by atoms with van der Waals surface area (Å²) in [5, 5.41) is 10.7. The fourth-order valence-electron chi connectivity index (χ4n) is 4.07. The minimum Gasteiger partial charge on any atom is -0.364 e. The molecule has 0 bridgehead atoms. The van der Waals surface area contributed by atoms with E-state index in [0.29, 0.717) is 12.1 Å². The van der Waals surface area contributed by atoms with E-state index >= 15 is 0 Å². The Labute approximate surface area is 194 Å². The van der Waals surface area contributed by atoms with Gasteiger partial charge in [0.25, 0.3) is 6.43 Å². The highest BCUT2D eigenvalue weighted by atomic mass is 32.2. The molecule has 1 aliphatic carbocycles. The molecule has 3 aromatic rings. The maximum Gasteiger partial charge on any atom is 0.291 e. The molecular weight excluding hydrogens is 472 g/mol. The van der Waals surface area contributed by atoms with Crippen LogP contribution in [0, 0.1) is 0 Å². The van der Waals surface area contributed by atoms with E-state index < -0.39 is 27.0 Å². The summed E-state index contributed by atoms with van der Waals surface area (Å²) < 4.78 is 57.1. The largest absolute Gasteiger partial charge is 0.364 e. The Hall–Kier alpha value is -2.22. The molecule has 0 unspecified atom stereocenters. The number of nitrogens with zero attached hydrogens (tertiary/aromatic N) is 5. The van der Waals surface area contributed by atoms with E-state index in [1.807, 2.05) is 6.92 Å². The molecule has 2 N–H and O–H groups in total. The van der Waals surface area contributed by atoms with Crippen LogP contribution >= 0.6 is 11.3 Å². The van der Waals surface area contributed by atoms with Crippen molar-refractivity contribution in [3.8, 4) is 10.8 Å².